The molecule has 1 aliphatic heterocycles. The maximum atomic E-state index is 11.8. The molecule has 2 N–H and O–H groups in total. The Kier molecular flexibility index (Phi) is 3.55. The third kappa shape index (κ3) is 4.47. The number of hydrogen-bond acceptors (Lipinski definition) is 2. The fourth-order valence-electron chi connectivity index (χ4n) is 1.58. The number of nitrogens with zero attached hydrogens (tertiary/aromatic N) is 1. The Hall–Kier alpha value is -0.290. The molecule has 0 aliphatic carbocycles. The minimum Gasteiger partial charge on any atom is -0.327 e. The van der Waals surface area contributed by atoms with E-state index >= 15 is 0 Å². The number of hydrogen-bond donors (Lipinski definition) is 1. The molecule has 0 aromatic heterocycles. The van der Waals surface area contributed by atoms with E-state index in [2.05, 4.69) is 0 Å². The van der Waals surface area contributed by atoms with Crippen LogP contribution >= 0.6 is 0 Å². The fraction of sp³-hybridized carbons (Fsp3) is 1.00. The highest BCUT2D eigenvalue weighted by molar-refractivity contribution is 4.75. The van der Waals surface area contributed by atoms with Gasteiger partial charge in [0, 0.05) is 19.1 Å². The molecule has 0 amide bonds. The van der Waals surface area contributed by atoms with Crippen molar-refractivity contribution in [2.45, 2.75) is 31.5 Å². The molecule has 0 saturated carbocycles. The van der Waals surface area contributed by atoms with Crippen molar-refractivity contribution in [3.63, 3.8) is 0 Å². The second kappa shape index (κ2) is 4.28. The van der Waals surface area contributed by atoms with Crippen LogP contribution in [0, 0.1) is 0 Å². The lowest BCUT2D eigenvalue weighted by Gasteiger charge is -2.30. The molecular formula is C8H15F3N2. The van der Waals surface area contributed by atoms with Crippen molar-refractivity contribution in [2.24, 2.45) is 5.73 Å². The second-order valence-corrected chi connectivity index (χ2v) is 3.57. The Labute approximate surface area is 75.9 Å². The van der Waals surface area contributed by atoms with E-state index in [-0.39, 0.29) is 12.6 Å². The van der Waals surface area contributed by atoms with Crippen LogP contribution in [0.2, 0.25) is 0 Å². The predicted molar refractivity (Wildman–Crippen MR) is 44.3 cm³/mol. The van der Waals surface area contributed by atoms with Crippen LogP contribution in [-0.2, 0) is 0 Å². The van der Waals surface area contributed by atoms with Crippen LogP contribution in [-0.4, -0.2) is 36.8 Å². The summed E-state index contributed by atoms with van der Waals surface area (Å²) in [5.74, 6) is 0. The quantitative estimate of drug-likeness (QED) is 0.722. The van der Waals surface area contributed by atoms with Crippen molar-refractivity contribution in [2.75, 3.05) is 19.6 Å². The molecule has 0 radical (unpaired) electrons. The third-order valence-corrected chi connectivity index (χ3v) is 2.25. The smallest absolute Gasteiger partial charge is 0.327 e. The summed E-state index contributed by atoms with van der Waals surface area (Å²) in [6.07, 6.45) is -2.91. The van der Waals surface area contributed by atoms with Gasteiger partial charge in [-0.3, -0.25) is 0 Å². The van der Waals surface area contributed by atoms with E-state index in [0.29, 0.717) is 6.54 Å². The average Bonchev–Trinajstić information content (AvgIpc) is 2.00. The Morgan fingerprint density at radius 1 is 1.38 bits per heavy atom. The van der Waals surface area contributed by atoms with Crippen LogP contribution in [0.4, 0.5) is 13.2 Å². The van der Waals surface area contributed by atoms with Gasteiger partial charge in [0.2, 0.25) is 0 Å². The van der Waals surface area contributed by atoms with Crippen molar-refractivity contribution in [3.8, 4) is 0 Å². The molecule has 5 heteroatoms. The molecule has 1 rings (SSSR count). The summed E-state index contributed by atoms with van der Waals surface area (Å²) in [4.78, 5) is 1.79. The Morgan fingerprint density at radius 2 is 2.08 bits per heavy atom. The third-order valence-electron chi connectivity index (χ3n) is 2.25. The van der Waals surface area contributed by atoms with Gasteiger partial charge in [0.1, 0.15) is 0 Å². The van der Waals surface area contributed by atoms with E-state index < -0.39 is 12.6 Å². The van der Waals surface area contributed by atoms with E-state index in [9.17, 15) is 13.2 Å². The number of rotatable bonds is 2. The highest BCUT2D eigenvalue weighted by atomic mass is 19.4. The normalized spacial score (nSPS) is 26.3. The highest BCUT2D eigenvalue weighted by Crippen LogP contribution is 2.20. The zero-order valence-electron chi connectivity index (χ0n) is 7.48. The van der Waals surface area contributed by atoms with Crippen LogP contribution < -0.4 is 5.73 Å². The minimum atomic E-state index is -4.04. The summed E-state index contributed by atoms with van der Waals surface area (Å²) in [6.45, 7) is 1.46. The van der Waals surface area contributed by atoms with Crippen molar-refractivity contribution in [3.05, 3.63) is 0 Å². The van der Waals surface area contributed by atoms with Crippen molar-refractivity contribution in [1.82, 2.24) is 4.90 Å². The van der Waals surface area contributed by atoms with Gasteiger partial charge >= 0.3 is 6.18 Å². The minimum absolute atomic E-state index is 0.0574. The van der Waals surface area contributed by atoms with Gasteiger partial charge < -0.3 is 10.6 Å². The number of nitrogens with two attached hydrogens (primary N) is 1. The Bertz CT molecular complexity index is 158. The molecule has 1 fully saturated rings. The lowest BCUT2D eigenvalue weighted by Crippen LogP contribution is -2.43. The van der Waals surface area contributed by atoms with Crippen LogP contribution in [0.25, 0.3) is 0 Å². The monoisotopic (exact) mass is 196 g/mol. The lowest BCUT2D eigenvalue weighted by molar-refractivity contribution is -0.138. The first kappa shape index (κ1) is 10.8. The van der Waals surface area contributed by atoms with Crippen molar-refractivity contribution >= 4 is 0 Å². The number of piperidine rings is 1. The van der Waals surface area contributed by atoms with Crippen molar-refractivity contribution in [1.29, 1.82) is 0 Å². The molecule has 78 valence electrons. The average molecular weight is 196 g/mol. The first-order valence-electron chi connectivity index (χ1n) is 4.52. The summed E-state index contributed by atoms with van der Waals surface area (Å²) in [6, 6.07) is 0.0574. The van der Waals surface area contributed by atoms with Crippen LogP contribution in [0.5, 0.6) is 0 Å². The molecule has 1 saturated heterocycles. The molecule has 1 aliphatic rings. The van der Waals surface area contributed by atoms with Crippen molar-refractivity contribution < 1.29 is 13.2 Å². The molecule has 0 bridgehead atoms. The van der Waals surface area contributed by atoms with Gasteiger partial charge in [0.05, 0.1) is 6.42 Å². The molecule has 1 heterocycles. The van der Waals surface area contributed by atoms with E-state index in [0.717, 1.165) is 19.4 Å². The standard InChI is InChI=1S/C8H15F3N2/c9-8(10,11)3-5-13-4-1-2-7(12)6-13/h7H,1-6,12H2. The zero-order chi connectivity index (χ0) is 9.90. The van der Waals surface area contributed by atoms with Gasteiger partial charge in [-0.25, -0.2) is 0 Å². The van der Waals surface area contributed by atoms with Crippen LogP contribution in [0.15, 0.2) is 0 Å². The van der Waals surface area contributed by atoms with E-state index in [1.165, 1.54) is 0 Å². The summed E-state index contributed by atoms with van der Waals surface area (Å²) >= 11 is 0. The molecule has 0 spiro atoms. The van der Waals surface area contributed by atoms with Gasteiger partial charge in [-0.05, 0) is 19.4 Å². The highest BCUT2D eigenvalue weighted by Gasteiger charge is 2.28. The van der Waals surface area contributed by atoms with Gasteiger partial charge in [-0.2, -0.15) is 13.2 Å². The molecule has 2 nitrogen and oxygen atoms in total. The van der Waals surface area contributed by atoms with Crippen LogP contribution in [0.1, 0.15) is 19.3 Å². The maximum Gasteiger partial charge on any atom is 0.390 e. The van der Waals surface area contributed by atoms with Gasteiger partial charge in [0.15, 0.2) is 0 Å². The Balaban J connectivity index is 2.21. The first-order valence-corrected chi connectivity index (χ1v) is 4.52. The SMILES string of the molecule is NC1CCCN(CCC(F)(F)F)C1. The van der Waals surface area contributed by atoms with Crippen LogP contribution in [0.3, 0.4) is 0 Å². The first-order chi connectivity index (χ1) is 5.97. The molecule has 1 unspecified atom stereocenters. The lowest BCUT2D eigenvalue weighted by atomic mass is 10.1. The number of halogens is 3. The van der Waals surface area contributed by atoms with Gasteiger partial charge in [-0.1, -0.05) is 0 Å². The number of likely N-dealkylation sites (tertiary alicyclic amines) is 1. The fourth-order valence-corrected chi connectivity index (χ4v) is 1.58. The molecule has 0 aromatic carbocycles. The van der Waals surface area contributed by atoms with Gasteiger partial charge in [0.25, 0.3) is 0 Å². The van der Waals surface area contributed by atoms with E-state index in [1.807, 2.05) is 0 Å². The summed E-state index contributed by atoms with van der Waals surface area (Å²) in [7, 11) is 0. The second-order valence-electron chi connectivity index (χ2n) is 3.57. The van der Waals surface area contributed by atoms with E-state index in [4.69, 9.17) is 5.73 Å². The Morgan fingerprint density at radius 3 is 2.62 bits per heavy atom. The number of alkyl halides is 3. The zero-order valence-corrected chi connectivity index (χ0v) is 7.48. The maximum absolute atomic E-state index is 11.8. The molecule has 1 atom stereocenters. The largest absolute Gasteiger partial charge is 0.390 e. The summed E-state index contributed by atoms with van der Waals surface area (Å²) in [5.41, 5.74) is 5.64. The summed E-state index contributed by atoms with van der Waals surface area (Å²) in [5, 5.41) is 0. The molecular weight excluding hydrogens is 181 g/mol. The molecule has 0 aromatic rings. The predicted octanol–water partition coefficient (Wildman–Crippen LogP) is 1.36. The molecule has 13 heavy (non-hydrogen) atoms. The summed E-state index contributed by atoms with van der Waals surface area (Å²) < 4.78 is 35.5. The van der Waals surface area contributed by atoms with E-state index in [1.54, 1.807) is 4.90 Å². The van der Waals surface area contributed by atoms with Gasteiger partial charge in [-0.15, -0.1) is 0 Å². The topological polar surface area (TPSA) is 29.3 Å².